The second-order valence-corrected chi connectivity index (χ2v) is 11.2. The van der Waals surface area contributed by atoms with Gasteiger partial charge in [0.05, 0.1) is 20.6 Å². The van der Waals surface area contributed by atoms with Crippen molar-refractivity contribution in [2.24, 2.45) is 0 Å². The van der Waals surface area contributed by atoms with Gasteiger partial charge < -0.3 is 4.42 Å². The molecule has 1 aromatic heterocycles. The SMILES string of the molecule is [2H]c1c(-c2ccccc2)c([2H])c2c(oc3c([2H])c([2H])c([2H])c(-c4c5ccccc5c(-c5c([2H])c6c([2H])c([2H])c([2H])c([2H])c6c6c([2H])c([2H])c([2H])c([2H])c56)c5ccccc45)c32)c1[2H]. The molecule has 218 valence electrons. The summed E-state index contributed by atoms with van der Waals surface area (Å²) in [6.07, 6.45) is 0. The second-order valence-electron chi connectivity index (χ2n) is 11.2. The van der Waals surface area contributed by atoms with Gasteiger partial charge in [-0.25, -0.2) is 0 Å². The first kappa shape index (κ1) is 15.4. The van der Waals surface area contributed by atoms with Crippen LogP contribution in [-0.4, -0.2) is 0 Å². The molecule has 10 aromatic rings. The highest BCUT2D eigenvalue weighted by Gasteiger charge is 2.21. The molecule has 1 nitrogen and oxygen atoms in total. The first-order valence-corrected chi connectivity index (χ1v) is 15.0. The van der Waals surface area contributed by atoms with E-state index in [4.69, 9.17) is 19.5 Å². The third-order valence-corrected chi connectivity index (χ3v) is 8.69. The van der Waals surface area contributed by atoms with Crippen LogP contribution in [-0.2, 0) is 0 Å². The molecule has 0 spiro atoms. The summed E-state index contributed by atoms with van der Waals surface area (Å²) in [6.45, 7) is 0. The first-order chi connectivity index (χ1) is 29.6. The molecular formula is C46H28O. The van der Waals surface area contributed by atoms with E-state index >= 15 is 0 Å². The monoisotopic (exact) mass is 611 g/mol. The minimum absolute atomic E-state index is 0.0149. The van der Waals surface area contributed by atoms with Gasteiger partial charge in [0.25, 0.3) is 0 Å². The summed E-state index contributed by atoms with van der Waals surface area (Å²) in [7, 11) is 0. The Morgan fingerprint density at radius 2 is 1.00 bits per heavy atom. The largest absolute Gasteiger partial charge is 0.456 e. The molecule has 0 radical (unpaired) electrons. The van der Waals surface area contributed by atoms with Crippen molar-refractivity contribution in [3.8, 4) is 33.4 Å². The number of fused-ring (bicyclic) bond motifs is 8. The summed E-state index contributed by atoms with van der Waals surface area (Å²) in [5.41, 5.74) is 1.10. The summed E-state index contributed by atoms with van der Waals surface area (Å²) >= 11 is 0. The molecule has 0 bridgehead atoms. The Bertz CT molecular complexity index is 3630. The maximum Gasteiger partial charge on any atom is 0.136 e. The van der Waals surface area contributed by atoms with E-state index in [0.29, 0.717) is 38.2 Å². The van der Waals surface area contributed by atoms with Gasteiger partial charge in [0.1, 0.15) is 11.2 Å². The van der Waals surface area contributed by atoms with Crippen LogP contribution < -0.4 is 0 Å². The molecule has 1 heterocycles. The zero-order valence-electron chi connectivity index (χ0n) is 39.4. The quantitative estimate of drug-likeness (QED) is 0.143. The molecule has 0 fully saturated rings. The molecule has 0 unspecified atom stereocenters. The molecule has 47 heavy (non-hydrogen) atoms. The van der Waals surface area contributed by atoms with Crippen LogP contribution in [0.1, 0.15) is 20.6 Å². The van der Waals surface area contributed by atoms with E-state index in [1.807, 2.05) is 0 Å². The van der Waals surface area contributed by atoms with Crippen molar-refractivity contribution < 1.29 is 25.0 Å². The van der Waals surface area contributed by atoms with E-state index < -0.39 is 66.5 Å². The van der Waals surface area contributed by atoms with Crippen molar-refractivity contribution >= 4 is 65.0 Å². The van der Waals surface area contributed by atoms with E-state index in [0.717, 1.165) is 0 Å². The Balaban J connectivity index is 1.46. The Morgan fingerprint density at radius 1 is 0.383 bits per heavy atom. The van der Waals surface area contributed by atoms with Gasteiger partial charge >= 0.3 is 0 Å². The van der Waals surface area contributed by atoms with E-state index in [1.165, 1.54) is 0 Å². The zero-order valence-corrected chi connectivity index (χ0v) is 24.4. The molecule has 0 N–H and O–H groups in total. The minimum atomic E-state index is -0.622. The normalized spacial score (nSPS) is 16.3. The predicted molar refractivity (Wildman–Crippen MR) is 200 cm³/mol. The standard InChI is InChI=1S/C46H28O/c1-2-13-29(14-3-1)30-25-26-42-41(27-30)46-39(23-12-24-43(46)47-42)44-35-19-8-10-21-37(35)45(38-22-11-9-20-36(38)44)40-28-31-15-4-5-16-32(31)33-17-6-7-18-34(33)40/h1-28H/i4D,5D,6D,7D,12D,15D,16D,17D,18D,23D,24D,25D,26D,27D,28D. The highest BCUT2D eigenvalue weighted by atomic mass is 16.3. The number of hydrogen-bond donors (Lipinski definition) is 0. The van der Waals surface area contributed by atoms with Gasteiger partial charge in [0.2, 0.25) is 0 Å². The molecule has 0 saturated carbocycles. The van der Waals surface area contributed by atoms with Crippen LogP contribution in [0.3, 0.4) is 0 Å². The minimum Gasteiger partial charge on any atom is -0.456 e. The Morgan fingerprint density at radius 3 is 1.72 bits per heavy atom. The summed E-state index contributed by atoms with van der Waals surface area (Å²) in [5, 5.41) is 1.14. The molecule has 10 rings (SSSR count). The predicted octanol–water partition coefficient (Wildman–Crippen LogP) is 13.2. The fourth-order valence-electron chi connectivity index (χ4n) is 6.71. The molecule has 0 aliphatic rings. The van der Waals surface area contributed by atoms with Crippen LogP contribution in [0.15, 0.2) is 174 Å². The van der Waals surface area contributed by atoms with Gasteiger partial charge in [0.15, 0.2) is 0 Å². The van der Waals surface area contributed by atoms with E-state index in [2.05, 4.69) is 0 Å². The smallest absolute Gasteiger partial charge is 0.136 e. The Kier molecular flexibility index (Phi) is 3.33. The zero-order chi connectivity index (χ0) is 44.0. The maximum atomic E-state index is 9.80. The van der Waals surface area contributed by atoms with Crippen LogP contribution >= 0.6 is 0 Å². The van der Waals surface area contributed by atoms with E-state index in [1.54, 1.807) is 78.9 Å². The lowest BCUT2D eigenvalue weighted by atomic mass is 9.83. The molecule has 0 aliphatic heterocycles. The number of hydrogen-bond acceptors (Lipinski definition) is 1. The molecule has 0 amide bonds. The number of benzene rings is 9. The van der Waals surface area contributed by atoms with Crippen LogP contribution in [0.4, 0.5) is 0 Å². The first-order valence-electron chi connectivity index (χ1n) is 22.5. The van der Waals surface area contributed by atoms with Gasteiger partial charge in [-0.15, -0.1) is 0 Å². The van der Waals surface area contributed by atoms with Crippen molar-refractivity contribution in [1.29, 1.82) is 0 Å². The van der Waals surface area contributed by atoms with Crippen LogP contribution in [0.5, 0.6) is 0 Å². The van der Waals surface area contributed by atoms with Gasteiger partial charge in [-0.3, -0.25) is 0 Å². The van der Waals surface area contributed by atoms with Crippen LogP contribution in [0.25, 0.3) is 98.4 Å². The Labute approximate surface area is 293 Å². The molecular weight excluding hydrogens is 569 g/mol. The average molecular weight is 612 g/mol. The van der Waals surface area contributed by atoms with Crippen molar-refractivity contribution in [2.75, 3.05) is 0 Å². The van der Waals surface area contributed by atoms with Gasteiger partial charge in [-0.05, 0) is 101 Å². The second kappa shape index (κ2) is 10.2. The lowest BCUT2D eigenvalue weighted by Gasteiger charge is -2.20. The third kappa shape index (κ3) is 3.90. The molecule has 1 heteroatoms. The summed E-state index contributed by atoms with van der Waals surface area (Å²) in [4.78, 5) is 0. The van der Waals surface area contributed by atoms with Gasteiger partial charge in [-0.1, -0.05) is 145 Å². The molecule has 0 atom stereocenters. The topological polar surface area (TPSA) is 13.1 Å². The van der Waals surface area contributed by atoms with Crippen molar-refractivity contribution in [3.63, 3.8) is 0 Å². The van der Waals surface area contributed by atoms with Crippen LogP contribution in [0.2, 0.25) is 0 Å². The summed E-state index contributed by atoms with van der Waals surface area (Å²) < 4.78 is 142. The summed E-state index contributed by atoms with van der Waals surface area (Å²) in [5.74, 6) is 0. The average Bonchev–Trinajstić information content (AvgIpc) is 3.68. The third-order valence-electron chi connectivity index (χ3n) is 8.69. The van der Waals surface area contributed by atoms with Gasteiger partial charge in [0, 0.05) is 10.8 Å². The highest BCUT2D eigenvalue weighted by molar-refractivity contribution is 6.28. The maximum absolute atomic E-state index is 9.80. The lowest BCUT2D eigenvalue weighted by molar-refractivity contribution is 0.669. The molecule has 0 aliphatic carbocycles. The van der Waals surface area contributed by atoms with Crippen LogP contribution in [0, 0.1) is 0 Å². The number of rotatable bonds is 3. The fraction of sp³-hybridized carbons (Fsp3) is 0. The Hall–Kier alpha value is -6.18. The van der Waals surface area contributed by atoms with Gasteiger partial charge in [-0.2, -0.15) is 0 Å². The summed E-state index contributed by atoms with van der Waals surface area (Å²) in [6, 6.07) is 15.5. The molecule has 0 saturated heterocycles. The van der Waals surface area contributed by atoms with Crippen molar-refractivity contribution in [3.05, 3.63) is 169 Å². The molecule has 9 aromatic carbocycles. The van der Waals surface area contributed by atoms with Crippen molar-refractivity contribution in [1.82, 2.24) is 0 Å². The van der Waals surface area contributed by atoms with E-state index in [9.17, 15) is 5.48 Å². The number of furan rings is 1. The fourth-order valence-corrected chi connectivity index (χ4v) is 6.71. The van der Waals surface area contributed by atoms with E-state index in [-0.39, 0.29) is 84.3 Å². The lowest BCUT2D eigenvalue weighted by Crippen LogP contribution is -1.92. The highest BCUT2D eigenvalue weighted by Crippen LogP contribution is 2.48. The van der Waals surface area contributed by atoms with Crippen molar-refractivity contribution in [2.45, 2.75) is 0 Å².